The van der Waals surface area contributed by atoms with E-state index in [9.17, 15) is 10.1 Å². The van der Waals surface area contributed by atoms with Crippen molar-refractivity contribution in [3.63, 3.8) is 0 Å². The van der Waals surface area contributed by atoms with Crippen LogP contribution in [0.15, 0.2) is 41.4 Å². The van der Waals surface area contributed by atoms with E-state index in [1.54, 1.807) is 45.6 Å². The second-order valence-corrected chi connectivity index (χ2v) is 6.90. The summed E-state index contributed by atoms with van der Waals surface area (Å²) in [5, 5.41) is 17.3. The van der Waals surface area contributed by atoms with Crippen LogP contribution in [0.2, 0.25) is 0 Å². The first-order chi connectivity index (χ1) is 14.4. The smallest absolute Gasteiger partial charge is 0.269 e. The number of aliphatic imine (C=N–C) groups is 1. The van der Waals surface area contributed by atoms with Crippen molar-refractivity contribution in [3.8, 4) is 17.2 Å². The van der Waals surface area contributed by atoms with E-state index in [2.05, 4.69) is 29.5 Å². The van der Waals surface area contributed by atoms with Crippen LogP contribution in [0.1, 0.15) is 19.4 Å². The zero-order chi connectivity index (χ0) is 22.1. The Morgan fingerprint density at radius 3 is 2.10 bits per heavy atom. The molecular formula is C21H29IN4O5. The fraction of sp³-hybridized carbons (Fsp3) is 0.381. The molecule has 31 heavy (non-hydrogen) atoms. The Labute approximate surface area is 199 Å². The van der Waals surface area contributed by atoms with E-state index in [-0.39, 0.29) is 29.7 Å². The summed E-state index contributed by atoms with van der Waals surface area (Å²) in [4.78, 5) is 15.0. The summed E-state index contributed by atoms with van der Waals surface area (Å²) < 4.78 is 16.2. The minimum absolute atomic E-state index is 0. The minimum Gasteiger partial charge on any atom is -0.493 e. The number of methoxy groups -OCH3 is 3. The molecular weight excluding hydrogens is 515 g/mol. The largest absolute Gasteiger partial charge is 0.493 e. The predicted octanol–water partition coefficient (Wildman–Crippen LogP) is 4.45. The predicted molar refractivity (Wildman–Crippen MR) is 132 cm³/mol. The van der Waals surface area contributed by atoms with Crippen molar-refractivity contribution in [1.29, 1.82) is 0 Å². The number of benzene rings is 2. The van der Waals surface area contributed by atoms with Gasteiger partial charge < -0.3 is 24.8 Å². The number of non-ortho nitro benzene ring substituents is 1. The van der Waals surface area contributed by atoms with Crippen LogP contribution in [0.3, 0.4) is 0 Å². The molecule has 0 heterocycles. The van der Waals surface area contributed by atoms with E-state index in [4.69, 9.17) is 14.2 Å². The highest BCUT2D eigenvalue weighted by Crippen LogP contribution is 2.39. The topological polar surface area (TPSA) is 107 Å². The molecule has 0 spiro atoms. The SMILES string of the molecule is COc1cc(NC(=NCc2ccc([N+](=O)[O-])cc2)NCC(C)C)cc(OC)c1OC.I. The molecule has 170 valence electrons. The van der Waals surface area contributed by atoms with E-state index in [0.717, 1.165) is 12.1 Å². The molecule has 2 rings (SSSR count). The lowest BCUT2D eigenvalue weighted by Gasteiger charge is -2.17. The number of rotatable bonds is 9. The first-order valence-electron chi connectivity index (χ1n) is 9.46. The molecule has 0 radical (unpaired) electrons. The fourth-order valence-corrected chi connectivity index (χ4v) is 2.62. The number of guanidine groups is 1. The Morgan fingerprint density at radius 2 is 1.65 bits per heavy atom. The van der Waals surface area contributed by atoms with Gasteiger partial charge in [0.05, 0.1) is 32.8 Å². The molecule has 0 unspecified atom stereocenters. The summed E-state index contributed by atoms with van der Waals surface area (Å²) in [6.07, 6.45) is 0. The van der Waals surface area contributed by atoms with Gasteiger partial charge in [-0.3, -0.25) is 10.1 Å². The number of ether oxygens (including phenoxy) is 3. The van der Waals surface area contributed by atoms with Crippen LogP contribution in [0.5, 0.6) is 17.2 Å². The van der Waals surface area contributed by atoms with Crippen LogP contribution in [0.25, 0.3) is 0 Å². The number of nitrogens with one attached hydrogen (secondary N) is 2. The quantitative estimate of drug-likeness (QED) is 0.158. The average Bonchev–Trinajstić information content (AvgIpc) is 2.74. The van der Waals surface area contributed by atoms with Crippen molar-refractivity contribution in [2.75, 3.05) is 33.2 Å². The van der Waals surface area contributed by atoms with Gasteiger partial charge >= 0.3 is 0 Å². The molecule has 0 bridgehead atoms. The van der Waals surface area contributed by atoms with E-state index >= 15 is 0 Å². The third-order valence-corrected chi connectivity index (χ3v) is 4.17. The third-order valence-electron chi connectivity index (χ3n) is 4.17. The number of hydrogen-bond acceptors (Lipinski definition) is 6. The van der Waals surface area contributed by atoms with Gasteiger partial charge in [0.1, 0.15) is 0 Å². The first-order valence-corrected chi connectivity index (χ1v) is 9.46. The summed E-state index contributed by atoms with van der Waals surface area (Å²) in [7, 11) is 4.66. The normalized spacial score (nSPS) is 10.8. The van der Waals surface area contributed by atoms with Crippen LogP contribution in [-0.4, -0.2) is 38.8 Å². The summed E-state index contributed by atoms with van der Waals surface area (Å²) in [5.74, 6) is 2.54. The lowest BCUT2D eigenvalue weighted by Crippen LogP contribution is -2.33. The lowest BCUT2D eigenvalue weighted by atomic mass is 10.2. The van der Waals surface area contributed by atoms with Crippen molar-refractivity contribution < 1.29 is 19.1 Å². The van der Waals surface area contributed by atoms with E-state index in [1.807, 2.05) is 0 Å². The molecule has 0 saturated carbocycles. The second-order valence-electron chi connectivity index (χ2n) is 6.90. The van der Waals surface area contributed by atoms with Crippen molar-refractivity contribution in [2.45, 2.75) is 20.4 Å². The minimum atomic E-state index is -0.422. The number of anilines is 1. The highest BCUT2D eigenvalue weighted by Gasteiger charge is 2.14. The zero-order valence-corrected chi connectivity index (χ0v) is 20.6. The molecule has 9 nitrogen and oxygen atoms in total. The molecule has 10 heteroatoms. The van der Waals surface area contributed by atoms with Crippen molar-refractivity contribution in [2.24, 2.45) is 10.9 Å². The van der Waals surface area contributed by atoms with Crippen LogP contribution < -0.4 is 24.8 Å². The molecule has 0 aromatic heterocycles. The van der Waals surface area contributed by atoms with Gasteiger partial charge in [-0.15, -0.1) is 24.0 Å². The summed E-state index contributed by atoms with van der Waals surface area (Å²) in [6, 6.07) is 9.92. The van der Waals surface area contributed by atoms with Crippen LogP contribution in [0.4, 0.5) is 11.4 Å². The van der Waals surface area contributed by atoms with Gasteiger partial charge in [0.25, 0.3) is 5.69 Å². The molecule has 2 aromatic carbocycles. The molecule has 0 aliphatic carbocycles. The van der Waals surface area contributed by atoms with E-state index in [0.29, 0.717) is 41.4 Å². The van der Waals surface area contributed by atoms with Crippen LogP contribution in [0, 0.1) is 16.0 Å². The first kappa shape index (κ1) is 26.3. The standard InChI is InChI=1S/C21H28N4O5.HI/c1-14(2)12-22-21(23-13-15-6-8-17(9-7-15)25(26)27)24-16-10-18(28-3)20(30-5)19(11-16)29-4;/h6-11,14H,12-13H2,1-5H3,(H2,22,23,24);1H. The van der Waals surface area contributed by atoms with Crippen molar-refractivity contribution in [1.82, 2.24) is 5.32 Å². The van der Waals surface area contributed by atoms with Gasteiger partial charge in [-0.05, 0) is 11.5 Å². The maximum absolute atomic E-state index is 10.8. The summed E-state index contributed by atoms with van der Waals surface area (Å²) >= 11 is 0. The molecule has 0 fully saturated rings. The van der Waals surface area contributed by atoms with E-state index < -0.39 is 4.92 Å². The summed E-state index contributed by atoms with van der Waals surface area (Å²) in [6.45, 7) is 5.27. The maximum atomic E-state index is 10.8. The molecule has 0 aliphatic rings. The lowest BCUT2D eigenvalue weighted by molar-refractivity contribution is -0.384. The van der Waals surface area contributed by atoms with Gasteiger partial charge in [-0.1, -0.05) is 26.0 Å². The Kier molecular flexibility index (Phi) is 10.9. The second kappa shape index (κ2) is 12.8. The molecule has 2 aromatic rings. The Balaban J connectivity index is 0.00000480. The van der Waals surface area contributed by atoms with Gasteiger partial charge in [0.2, 0.25) is 5.75 Å². The molecule has 0 amide bonds. The number of hydrogen-bond donors (Lipinski definition) is 2. The molecule has 0 saturated heterocycles. The molecule has 2 N–H and O–H groups in total. The zero-order valence-electron chi connectivity index (χ0n) is 18.3. The number of nitrogens with zero attached hydrogens (tertiary/aromatic N) is 2. The number of nitro groups is 1. The number of nitro benzene ring substituents is 1. The Bertz CT molecular complexity index is 863. The Morgan fingerprint density at radius 1 is 1.06 bits per heavy atom. The van der Waals surface area contributed by atoms with Gasteiger partial charge in [0, 0.05) is 36.5 Å². The van der Waals surface area contributed by atoms with E-state index in [1.165, 1.54) is 12.1 Å². The van der Waals surface area contributed by atoms with Gasteiger partial charge in [0.15, 0.2) is 17.5 Å². The molecule has 0 aliphatic heterocycles. The van der Waals surface area contributed by atoms with Crippen molar-refractivity contribution in [3.05, 3.63) is 52.1 Å². The Hall–Kier alpha value is -2.76. The van der Waals surface area contributed by atoms with Crippen LogP contribution in [-0.2, 0) is 6.54 Å². The monoisotopic (exact) mass is 544 g/mol. The maximum Gasteiger partial charge on any atom is 0.269 e. The van der Waals surface area contributed by atoms with Gasteiger partial charge in [-0.25, -0.2) is 4.99 Å². The summed E-state index contributed by atoms with van der Waals surface area (Å²) in [5.41, 5.74) is 1.62. The van der Waals surface area contributed by atoms with Crippen molar-refractivity contribution >= 4 is 41.3 Å². The highest BCUT2D eigenvalue weighted by molar-refractivity contribution is 14.0. The number of halogens is 1. The third kappa shape index (κ3) is 7.78. The van der Waals surface area contributed by atoms with Gasteiger partial charge in [-0.2, -0.15) is 0 Å². The van der Waals surface area contributed by atoms with Crippen LogP contribution >= 0.6 is 24.0 Å². The molecule has 0 atom stereocenters. The fourth-order valence-electron chi connectivity index (χ4n) is 2.62. The highest BCUT2D eigenvalue weighted by atomic mass is 127. The average molecular weight is 544 g/mol.